The van der Waals surface area contributed by atoms with Crippen LogP contribution >= 0.6 is 0 Å². The topological polar surface area (TPSA) is 26.3 Å². The Morgan fingerprint density at radius 1 is 1.36 bits per heavy atom. The molecule has 0 aromatic heterocycles. The number of hydrogen-bond acceptors (Lipinski definition) is 2. The fourth-order valence-corrected chi connectivity index (χ4v) is 1.79. The molecule has 14 heavy (non-hydrogen) atoms. The van der Waals surface area contributed by atoms with Crippen LogP contribution < -0.4 is 4.74 Å². The summed E-state index contributed by atoms with van der Waals surface area (Å²) in [5.74, 6) is 1.00. The second-order valence-electron chi connectivity index (χ2n) is 3.38. The second-order valence-corrected chi connectivity index (χ2v) is 3.38. The predicted octanol–water partition coefficient (Wildman–Crippen LogP) is 2.73. The number of fused-ring (bicyclic) bond motifs is 1. The number of ketones is 1. The van der Waals surface area contributed by atoms with Crippen LogP contribution in [-0.4, -0.2) is 5.78 Å². The highest BCUT2D eigenvalue weighted by Crippen LogP contribution is 2.25. The first-order valence-corrected chi connectivity index (χ1v) is 4.75. The Morgan fingerprint density at radius 2 is 2.21 bits per heavy atom. The van der Waals surface area contributed by atoms with Crippen molar-refractivity contribution in [2.24, 2.45) is 0 Å². The molecule has 1 aromatic rings. The summed E-state index contributed by atoms with van der Waals surface area (Å²) in [6.07, 6.45) is 3.99. The molecule has 0 atom stereocenters. The van der Waals surface area contributed by atoms with Gasteiger partial charge in [0.05, 0.1) is 6.26 Å². The highest BCUT2D eigenvalue weighted by atomic mass is 16.5. The largest absolute Gasteiger partial charge is 0.466 e. The van der Waals surface area contributed by atoms with E-state index in [-0.39, 0.29) is 5.78 Å². The van der Waals surface area contributed by atoms with Crippen molar-refractivity contribution >= 4 is 5.78 Å². The van der Waals surface area contributed by atoms with Gasteiger partial charge in [0, 0.05) is 12.0 Å². The van der Waals surface area contributed by atoms with E-state index >= 15 is 0 Å². The number of rotatable bonds is 2. The molecule has 0 N–H and O–H groups in total. The third kappa shape index (κ3) is 1.55. The third-order valence-electron chi connectivity index (χ3n) is 2.45. The summed E-state index contributed by atoms with van der Waals surface area (Å²) >= 11 is 0. The van der Waals surface area contributed by atoms with Gasteiger partial charge >= 0.3 is 0 Å². The number of carbonyl (C=O) groups excluding carboxylic acids is 1. The van der Waals surface area contributed by atoms with Crippen molar-refractivity contribution in [3.05, 3.63) is 42.2 Å². The van der Waals surface area contributed by atoms with E-state index in [0.29, 0.717) is 6.42 Å². The number of carbonyl (C=O) groups is 1. The van der Waals surface area contributed by atoms with E-state index in [1.165, 1.54) is 6.26 Å². The SMILES string of the molecule is C=COc1ccc2c(c1)CCCC2=O. The van der Waals surface area contributed by atoms with Gasteiger partial charge in [-0.3, -0.25) is 4.79 Å². The van der Waals surface area contributed by atoms with Crippen LogP contribution in [0.3, 0.4) is 0 Å². The number of Topliss-reactive ketones (excluding diaryl/α,β-unsaturated/α-hetero) is 1. The molecule has 0 saturated carbocycles. The van der Waals surface area contributed by atoms with Crippen molar-refractivity contribution in [2.75, 3.05) is 0 Å². The summed E-state index contributed by atoms with van der Waals surface area (Å²) in [5, 5.41) is 0. The average Bonchev–Trinajstić information content (AvgIpc) is 2.18. The van der Waals surface area contributed by atoms with Gasteiger partial charge in [-0.2, -0.15) is 0 Å². The fraction of sp³-hybridized carbons (Fsp3) is 0.250. The molecule has 2 heteroatoms. The first-order chi connectivity index (χ1) is 6.81. The number of ether oxygens (including phenoxy) is 1. The lowest BCUT2D eigenvalue weighted by atomic mass is 9.91. The molecule has 0 amide bonds. The van der Waals surface area contributed by atoms with Gasteiger partial charge in [0.1, 0.15) is 5.75 Å². The lowest BCUT2D eigenvalue weighted by Gasteiger charge is -2.14. The van der Waals surface area contributed by atoms with E-state index in [9.17, 15) is 4.79 Å². The van der Waals surface area contributed by atoms with Crippen molar-refractivity contribution < 1.29 is 9.53 Å². The molecule has 0 aliphatic heterocycles. The van der Waals surface area contributed by atoms with Crippen LogP contribution in [-0.2, 0) is 6.42 Å². The maximum absolute atomic E-state index is 11.5. The van der Waals surface area contributed by atoms with Gasteiger partial charge in [-0.05, 0) is 36.6 Å². The van der Waals surface area contributed by atoms with Crippen molar-refractivity contribution in [3.8, 4) is 5.75 Å². The summed E-state index contributed by atoms with van der Waals surface area (Å²) in [4.78, 5) is 11.5. The summed E-state index contributed by atoms with van der Waals surface area (Å²) in [6.45, 7) is 3.49. The van der Waals surface area contributed by atoms with Crippen molar-refractivity contribution in [2.45, 2.75) is 19.3 Å². The number of benzene rings is 1. The summed E-state index contributed by atoms with van der Waals surface area (Å²) in [6, 6.07) is 5.58. The van der Waals surface area contributed by atoms with Crippen LogP contribution in [0.5, 0.6) is 5.75 Å². The molecule has 2 rings (SSSR count). The summed E-state index contributed by atoms with van der Waals surface area (Å²) in [5.41, 5.74) is 1.95. The Labute approximate surface area is 83.2 Å². The van der Waals surface area contributed by atoms with Crippen molar-refractivity contribution in [3.63, 3.8) is 0 Å². The Kier molecular flexibility index (Phi) is 2.35. The smallest absolute Gasteiger partial charge is 0.163 e. The lowest BCUT2D eigenvalue weighted by Crippen LogP contribution is -2.10. The Bertz CT molecular complexity index is 380. The molecule has 0 fully saturated rings. The first kappa shape index (κ1) is 9.00. The molecule has 0 unspecified atom stereocenters. The van der Waals surface area contributed by atoms with E-state index in [1.54, 1.807) is 0 Å². The van der Waals surface area contributed by atoms with Crippen LogP contribution in [0.1, 0.15) is 28.8 Å². The van der Waals surface area contributed by atoms with Gasteiger partial charge < -0.3 is 4.74 Å². The van der Waals surface area contributed by atoms with Crippen molar-refractivity contribution in [1.29, 1.82) is 0 Å². The Hall–Kier alpha value is -1.57. The zero-order chi connectivity index (χ0) is 9.97. The van der Waals surface area contributed by atoms with Crippen LogP contribution in [0.25, 0.3) is 0 Å². The minimum atomic E-state index is 0.247. The Morgan fingerprint density at radius 3 is 3.00 bits per heavy atom. The molecule has 1 aromatic carbocycles. The fourth-order valence-electron chi connectivity index (χ4n) is 1.79. The van der Waals surface area contributed by atoms with E-state index in [0.717, 1.165) is 29.7 Å². The van der Waals surface area contributed by atoms with Gasteiger partial charge in [-0.25, -0.2) is 0 Å². The van der Waals surface area contributed by atoms with Crippen molar-refractivity contribution in [1.82, 2.24) is 0 Å². The highest BCUT2D eigenvalue weighted by Gasteiger charge is 2.16. The molecule has 0 radical (unpaired) electrons. The predicted molar refractivity (Wildman–Crippen MR) is 54.5 cm³/mol. The number of hydrogen-bond donors (Lipinski definition) is 0. The van der Waals surface area contributed by atoms with Crippen LogP contribution in [0, 0.1) is 0 Å². The molecule has 1 aliphatic carbocycles. The summed E-state index contributed by atoms with van der Waals surface area (Å²) in [7, 11) is 0. The Balaban J connectivity index is 2.38. The van der Waals surface area contributed by atoms with E-state index < -0.39 is 0 Å². The van der Waals surface area contributed by atoms with Crippen LogP contribution in [0.4, 0.5) is 0 Å². The van der Waals surface area contributed by atoms with Crippen LogP contribution in [0.15, 0.2) is 31.0 Å². The minimum absolute atomic E-state index is 0.247. The van der Waals surface area contributed by atoms with Crippen LogP contribution in [0.2, 0.25) is 0 Å². The standard InChI is InChI=1S/C12H12O2/c1-2-14-10-6-7-11-9(8-10)4-3-5-12(11)13/h2,6-8H,1,3-5H2. The molecule has 0 bridgehead atoms. The zero-order valence-electron chi connectivity index (χ0n) is 7.95. The third-order valence-corrected chi connectivity index (χ3v) is 2.45. The minimum Gasteiger partial charge on any atom is -0.466 e. The molecule has 0 saturated heterocycles. The van der Waals surface area contributed by atoms with E-state index in [4.69, 9.17) is 4.74 Å². The maximum Gasteiger partial charge on any atom is 0.163 e. The molecular weight excluding hydrogens is 176 g/mol. The normalized spacial score (nSPS) is 14.7. The molecule has 0 spiro atoms. The van der Waals surface area contributed by atoms with Gasteiger partial charge in [0.2, 0.25) is 0 Å². The van der Waals surface area contributed by atoms with Gasteiger partial charge in [0.25, 0.3) is 0 Å². The second kappa shape index (κ2) is 3.66. The lowest BCUT2D eigenvalue weighted by molar-refractivity contribution is 0.0972. The van der Waals surface area contributed by atoms with Gasteiger partial charge in [-0.15, -0.1) is 0 Å². The monoisotopic (exact) mass is 188 g/mol. The van der Waals surface area contributed by atoms with E-state index in [1.807, 2.05) is 18.2 Å². The molecule has 72 valence electrons. The maximum atomic E-state index is 11.5. The van der Waals surface area contributed by atoms with Gasteiger partial charge in [-0.1, -0.05) is 6.58 Å². The zero-order valence-corrected chi connectivity index (χ0v) is 7.95. The van der Waals surface area contributed by atoms with E-state index in [2.05, 4.69) is 6.58 Å². The summed E-state index contributed by atoms with van der Waals surface area (Å²) < 4.78 is 5.16. The quantitative estimate of drug-likeness (QED) is 0.667. The highest BCUT2D eigenvalue weighted by molar-refractivity contribution is 5.98. The average molecular weight is 188 g/mol. The molecule has 2 nitrogen and oxygen atoms in total. The molecular formula is C12H12O2. The first-order valence-electron chi connectivity index (χ1n) is 4.75. The van der Waals surface area contributed by atoms with Gasteiger partial charge in [0.15, 0.2) is 5.78 Å². The number of aryl methyl sites for hydroxylation is 1. The molecule has 0 heterocycles. The molecule has 1 aliphatic rings.